The van der Waals surface area contributed by atoms with Crippen LogP contribution in [0.1, 0.15) is 51.1 Å². The number of fused-ring (bicyclic) bond motifs is 1. The average molecular weight is 343 g/mol. The maximum Gasteiger partial charge on any atom is 0.466 e. The van der Waals surface area contributed by atoms with Crippen LogP contribution in [-0.2, 0) is 18.8 Å². The molecule has 1 aliphatic rings. The highest BCUT2D eigenvalue weighted by Crippen LogP contribution is 2.43. The molecule has 1 N–H and O–H groups in total. The summed E-state index contributed by atoms with van der Waals surface area (Å²) >= 11 is 0. The van der Waals surface area contributed by atoms with E-state index in [4.69, 9.17) is 14.0 Å². The van der Waals surface area contributed by atoms with Crippen molar-refractivity contribution in [2.75, 3.05) is 7.11 Å². The number of nitrogens with one attached hydrogen (secondary N) is 1. The van der Waals surface area contributed by atoms with Crippen LogP contribution in [0, 0.1) is 6.92 Å². The molecule has 25 heavy (non-hydrogen) atoms. The number of methoxy groups -OCH3 is 1. The lowest BCUT2D eigenvalue weighted by molar-refractivity contribution is -0.140. The van der Waals surface area contributed by atoms with Crippen LogP contribution >= 0.6 is 0 Å². The molecular formula is C19H26BNO4. The topological polar surface area (TPSA) is 60.6 Å². The predicted octanol–water partition coefficient (Wildman–Crippen LogP) is 3.75. The smallest absolute Gasteiger partial charge is 0.466 e. The summed E-state index contributed by atoms with van der Waals surface area (Å²) in [5.74, 6) is -0.522. The van der Waals surface area contributed by atoms with Crippen molar-refractivity contribution in [1.82, 2.24) is 4.98 Å². The predicted molar refractivity (Wildman–Crippen MR) is 98.5 cm³/mol. The van der Waals surface area contributed by atoms with Crippen LogP contribution in [0.25, 0.3) is 10.9 Å². The van der Waals surface area contributed by atoms with Crippen molar-refractivity contribution in [3.05, 3.63) is 35.5 Å². The fourth-order valence-electron chi connectivity index (χ4n) is 3.23. The number of hydrogen-bond acceptors (Lipinski definition) is 4. The first-order valence-corrected chi connectivity index (χ1v) is 8.65. The summed E-state index contributed by atoms with van der Waals surface area (Å²) in [6.45, 7) is 10.1. The number of rotatable bonds is 4. The minimum absolute atomic E-state index is 0.203. The maximum absolute atomic E-state index is 12.1. The van der Waals surface area contributed by atoms with Crippen molar-refractivity contribution in [2.24, 2.45) is 0 Å². The lowest BCUT2D eigenvalue weighted by atomic mass is 9.66. The molecule has 0 radical (unpaired) electrons. The third kappa shape index (κ3) is 3.21. The molecule has 5 nitrogen and oxygen atoms in total. The Balaban J connectivity index is 2.03. The Bertz CT molecular complexity index is 780. The van der Waals surface area contributed by atoms with Crippen LogP contribution in [0.15, 0.2) is 24.4 Å². The third-order valence-corrected chi connectivity index (χ3v) is 5.48. The molecule has 0 bridgehead atoms. The molecule has 1 atom stereocenters. The van der Waals surface area contributed by atoms with Crippen molar-refractivity contribution in [3.8, 4) is 0 Å². The van der Waals surface area contributed by atoms with Crippen molar-refractivity contribution < 1.29 is 18.8 Å². The molecule has 1 saturated heterocycles. The summed E-state index contributed by atoms with van der Waals surface area (Å²) in [6, 6.07) is 6.23. The number of H-pyrrole nitrogens is 1. The number of carbonyl (C=O) groups excluding carboxylic acids is 1. The van der Waals surface area contributed by atoms with Gasteiger partial charge in [0.15, 0.2) is 0 Å². The normalized spacial score (nSPS) is 20.0. The van der Waals surface area contributed by atoms with E-state index in [0.29, 0.717) is 0 Å². The van der Waals surface area contributed by atoms with Gasteiger partial charge in [-0.1, -0.05) is 11.6 Å². The number of aryl methyl sites for hydroxylation is 1. The molecule has 0 aliphatic carbocycles. The van der Waals surface area contributed by atoms with Crippen LogP contribution < -0.4 is 0 Å². The van der Waals surface area contributed by atoms with Crippen molar-refractivity contribution >= 4 is 24.0 Å². The van der Waals surface area contributed by atoms with E-state index in [-0.39, 0.29) is 18.2 Å². The second kappa shape index (κ2) is 6.18. The highest BCUT2D eigenvalue weighted by molar-refractivity contribution is 6.48. The first kappa shape index (κ1) is 18.0. The third-order valence-electron chi connectivity index (χ3n) is 5.48. The van der Waals surface area contributed by atoms with Gasteiger partial charge in [-0.3, -0.25) is 4.79 Å². The lowest BCUT2D eigenvalue weighted by Crippen LogP contribution is -2.41. The molecule has 1 aromatic carbocycles. The molecule has 0 saturated carbocycles. The van der Waals surface area contributed by atoms with E-state index in [1.165, 1.54) is 12.7 Å². The molecule has 6 heteroatoms. The van der Waals surface area contributed by atoms with Gasteiger partial charge >= 0.3 is 13.1 Å². The van der Waals surface area contributed by atoms with Gasteiger partial charge in [0, 0.05) is 22.9 Å². The molecular weight excluding hydrogens is 317 g/mol. The van der Waals surface area contributed by atoms with Gasteiger partial charge in [0.25, 0.3) is 0 Å². The zero-order valence-corrected chi connectivity index (χ0v) is 15.8. The summed E-state index contributed by atoms with van der Waals surface area (Å²) in [5.41, 5.74) is 2.32. The number of aromatic nitrogens is 1. The molecule has 3 rings (SSSR count). The first-order chi connectivity index (χ1) is 11.6. The molecule has 2 aromatic rings. The second-order valence-corrected chi connectivity index (χ2v) is 7.80. The summed E-state index contributed by atoms with van der Waals surface area (Å²) in [4.78, 5) is 15.3. The van der Waals surface area contributed by atoms with Gasteiger partial charge in [-0.15, -0.1) is 0 Å². The standard InChI is InChI=1S/C19H26BNO4/c1-12-7-8-16-13(9-12)14(11-21-16)15(10-17(22)23-6)20-24-18(2,3)19(4,5)25-20/h7-9,11,15,21H,10H2,1-6H3. The summed E-state index contributed by atoms with van der Waals surface area (Å²) in [5, 5.41) is 1.09. The molecule has 1 fully saturated rings. The monoisotopic (exact) mass is 343 g/mol. The van der Waals surface area contributed by atoms with E-state index in [2.05, 4.69) is 24.0 Å². The highest BCUT2D eigenvalue weighted by atomic mass is 16.7. The van der Waals surface area contributed by atoms with E-state index in [0.717, 1.165) is 16.5 Å². The fraction of sp³-hybridized carbons (Fsp3) is 0.526. The van der Waals surface area contributed by atoms with Gasteiger partial charge in [-0.2, -0.15) is 0 Å². The van der Waals surface area contributed by atoms with Crippen LogP contribution in [0.4, 0.5) is 0 Å². The minimum Gasteiger partial charge on any atom is -0.469 e. The molecule has 0 amide bonds. The molecule has 0 spiro atoms. The fourth-order valence-corrected chi connectivity index (χ4v) is 3.23. The number of carbonyl (C=O) groups is 1. The summed E-state index contributed by atoms with van der Waals surface area (Å²) in [6.07, 6.45) is 2.15. The quantitative estimate of drug-likeness (QED) is 0.678. The molecule has 1 unspecified atom stereocenters. The Kier molecular flexibility index (Phi) is 4.46. The van der Waals surface area contributed by atoms with Gasteiger partial charge in [-0.05, 0) is 52.3 Å². The van der Waals surface area contributed by atoms with Crippen molar-refractivity contribution in [3.63, 3.8) is 0 Å². The molecule has 134 valence electrons. The molecule has 1 aromatic heterocycles. The first-order valence-electron chi connectivity index (χ1n) is 8.65. The van der Waals surface area contributed by atoms with Gasteiger partial charge in [0.05, 0.1) is 24.7 Å². The lowest BCUT2D eigenvalue weighted by Gasteiger charge is -2.32. The summed E-state index contributed by atoms with van der Waals surface area (Å²) in [7, 11) is 0.895. The number of hydrogen-bond donors (Lipinski definition) is 1. The zero-order chi connectivity index (χ0) is 18.4. The Morgan fingerprint density at radius 1 is 1.24 bits per heavy atom. The van der Waals surface area contributed by atoms with Crippen LogP contribution in [-0.4, -0.2) is 36.4 Å². The van der Waals surface area contributed by atoms with Gasteiger partial charge in [0.2, 0.25) is 0 Å². The number of benzene rings is 1. The zero-order valence-electron chi connectivity index (χ0n) is 15.8. The van der Waals surface area contributed by atoms with Gasteiger partial charge < -0.3 is 19.0 Å². The largest absolute Gasteiger partial charge is 0.469 e. The van der Waals surface area contributed by atoms with Crippen molar-refractivity contribution in [1.29, 1.82) is 0 Å². The Morgan fingerprint density at radius 3 is 2.48 bits per heavy atom. The average Bonchev–Trinajstić information content (AvgIpc) is 3.02. The Hall–Kier alpha value is -1.79. The van der Waals surface area contributed by atoms with E-state index in [1.54, 1.807) is 0 Å². The number of esters is 1. The maximum atomic E-state index is 12.1. The van der Waals surface area contributed by atoms with Gasteiger partial charge in [-0.25, -0.2) is 0 Å². The van der Waals surface area contributed by atoms with E-state index >= 15 is 0 Å². The second-order valence-electron chi connectivity index (χ2n) is 7.80. The SMILES string of the molecule is COC(=O)CC(B1OC(C)(C)C(C)(C)O1)c1c[nH]c2ccc(C)cc12. The van der Waals surface area contributed by atoms with Crippen LogP contribution in [0.5, 0.6) is 0 Å². The van der Waals surface area contributed by atoms with E-state index in [1.807, 2.05) is 40.0 Å². The highest BCUT2D eigenvalue weighted by Gasteiger charge is 2.54. The Labute approximate surface area is 149 Å². The molecule has 2 heterocycles. The van der Waals surface area contributed by atoms with Crippen LogP contribution in [0.2, 0.25) is 0 Å². The van der Waals surface area contributed by atoms with E-state index < -0.39 is 18.3 Å². The number of aromatic amines is 1. The minimum atomic E-state index is -0.511. The van der Waals surface area contributed by atoms with Crippen molar-refractivity contribution in [2.45, 2.75) is 58.1 Å². The number of ether oxygens (including phenoxy) is 1. The van der Waals surface area contributed by atoms with E-state index in [9.17, 15) is 4.79 Å². The Morgan fingerprint density at radius 2 is 1.88 bits per heavy atom. The molecule has 1 aliphatic heterocycles. The van der Waals surface area contributed by atoms with Crippen LogP contribution in [0.3, 0.4) is 0 Å². The van der Waals surface area contributed by atoms with Gasteiger partial charge in [0.1, 0.15) is 0 Å². The summed E-state index contributed by atoms with van der Waals surface area (Å²) < 4.78 is 17.4.